The molecule has 0 spiro atoms. The fourth-order valence-electron chi connectivity index (χ4n) is 1.98. The number of aromatic amines is 1. The number of hydrogen-bond donors (Lipinski definition) is 3. The van der Waals surface area contributed by atoms with Gasteiger partial charge in [0.1, 0.15) is 5.52 Å². The van der Waals surface area contributed by atoms with Crippen molar-refractivity contribution in [2.24, 2.45) is 5.92 Å². The van der Waals surface area contributed by atoms with Crippen LogP contribution < -0.4 is 11.1 Å². The van der Waals surface area contributed by atoms with E-state index in [0.717, 1.165) is 23.8 Å². The maximum atomic E-state index is 5.63. The van der Waals surface area contributed by atoms with E-state index in [9.17, 15) is 0 Å². The maximum absolute atomic E-state index is 5.63. The summed E-state index contributed by atoms with van der Waals surface area (Å²) in [6.45, 7) is 0.918. The number of imidazole rings is 1. The van der Waals surface area contributed by atoms with Crippen molar-refractivity contribution in [3.8, 4) is 0 Å². The summed E-state index contributed by atoms with van der Waals surface area (Å²) in [6, 6.07) is 0. The van der Waals surface area contributed by atoms with Crippen LogP contribution in [0.1, 0.15) is 25.7 Å². The molecule has 0 aliphatic heterocycles. The van der Waals surface area contributed by atoms with Crippen LogP contribution in [0.4, 0.5) is 11.8 Å². The topological polar surface area (TPSA) is 92.5 Å². The number of aromatic nitrogens is 4. The van der Waals surface area contributed by atoms with Crippen molar-refractivity contribution >= 4 is 22.9 Å². The van der Waals surface area contributed by atoms with Crippen LogP contribution in [0.25, 0.3) is 11.2 Å². The molecule has 2 aromatic heterocycles. The summed E-state index contributed by atoms with van der Waals surface area (Å²) in [6.07, 6.45) is 6.90. The summed E-state index contributed by atoms with van der Waals surface area (Å²) in [5.41, 5.74) is 7.07. The Balaban J connectivity index is 1.67. The number of H-pyrrole nitrogens is 1. The largest absolute Gasteiger partial charge is 0.368 e. The van der Waals surface area contributed by atoms with E-state index in [1.807, 2.05) is 0 Å². The zero-order valence-corrected chi connectivity index (χ0v) is 9.61. The van der Waals surface area contributed by atoms with Gasteiger partial charge in [-0.1, -0.05) is 12.8 Å². The number of hydrogen-bond acceptors (Lipinski definition) is 5. The highest BCUT2D eigenvalue weighted by molar-refractivity contribution is 5.83. The third-order valence-electron chi connectivity index (χ3n) is 3.08. The summed E-state index contributed by atoms with van der Waals surface area (Å²) in [7, 11) is 0. The molecule has 2 aromatic rings. The van der Waals surface area contributed by atoms with E-state index in [1.54, 1.807) is 6.33 Å². The Hall–Kier alpha value is -1.85. The van der Waals surface area contributed by atoms with Gasteiger partial charge in [0.05, 0.1) is 6.33 Å². The van der Waals surface area contributed by atoms with Crippen LogP contribution in [0.5, 0.6) is 0 Å². The van der Waals surface area contributed by atoms with E-state index >= 15 is 0 Å². The molecule has 0 amide bonds. The van der Waals surface area contributed by atoms with E-state index < -0.39 is 0 Å². The summed E-state index contributed by atoms with van der Waals surface area (Å²) in [5.74, 6) is 1.98. The minimum absolute atomic E-state index is 0.259. The second-order valence-corrected chi connectivity index (χ2v) is 4.54. The van der Waals surface area contributed by atoms with E-state index in [2.05, 4.69) is 25.3 Å². The molecule has 1 aliphatic rings. The quantitative estimate of drug-likeness (QED) is 0.680. The average molecular weight is 232 g/mol. The van der Waals surface area contributed by atoms with Crippen LogP contribution in [-0.4, -0.2) is 26.5 Å². The molecule has 6 heteroatoms. The Labute approximate surface area is 99.1 Å². The summed E-state index contributed by atoms with van der Waals surface area (Å²) in [5, 5.41) is 3.30. The maximum Gasteiger partial charge on any atom is 0.224 e. The average Bonchev–Trinajstić information content (AvgIpc) is 3.01. The van der Waals surface area contributed by atoms with E-state index in [1.165, 1.54) is 25.7 Å². The normalized spacial score (nSPS) is 15.3. The Morgan fingerprint density at radius 2 is 2.29 bits per heavy atom. The molecule has 0 bridgehead atoms. The van der Waals surface area contributed by atoms with Gasteiger partial charge < -0.3 is 16.0 Å². The number of nitrogens with one attached hydrogen (secondary N) is 2. The lowest BCUT2D eigenvalue weighted by atomic mass is 10.2. The number of rotatable bonds is 5. The molecular formula is C11H16N6. The molecular weight excluding hydrogens is 216 g/mol. The number of anilines is 2. The van der Waals surface area contributed by atoms with Gasteiger partial charge in [-0.25, -0.2) is 4.98 Å². The molecule has 6 nitrogen and oxygen atoms in total. The SMILES string of the molecule is Nc1nc(NCCCC2CC2)c2[nH]cnc2n1. The van der Waals surface area contributed by atoms with E-state index in [-0.39, 0.29) is 5.95 Å². The van der Waals surface area contributed by atoms with Crippen molar-refractivity contribution in [1.82, 2.24) is 19.9 Å². The highest BCUT2D eigenvalue weighted by Crippen LogP contribution is 2.33. The minimum atomic E-state index is 0.259. The Bertz CT molecular complexity index is 516. The molecule has 0 saturated heterocycles. The minimum Gasteiger partial charge on any atom is -0.368 e. The molecule has 1 saturated carbocycles. The lowest BCUT2D eigenvalue weighted by Gasteiger charge is -2.06. The molecule has 0 radical (unpaired) electrons. The Morgan fingerprint density at radius 1 is 1.41 bits per heavy atom. The van der Waals surface area contributed by atoms with Crippen LogP contribution in [0, 0.1) is 5.92 Å². The van der Waals surface area contributed by atoms with Gasteiger partial charge in [0, 0.05) is 6.54 Å². The van der Waals surface area contributed by atoms with Crippen LogP contribution in [0.2, 0.25) is 0 Å². The Kier molecular flexibility index (Phi) is 2.55. The molecule has 0 atom stereocenters. The summed E-state index contributed by atoms with van der Waals surface area (Å²) in [4.78, 5) is 15.3. The lowest BCUT2D eigenvalue weighted by molar-refractivity contribution is 0.687. The fraction of sp³-hybridized carbons (Fsp3) is 0.545. The molecule has 3 rings (SSSR count). The van der Waals surface area contributed by atoms with Crippen LogP contribution in [-0.2, 0) is 0 Å². The smallest absolute Gasteiger partial charge is 0.224 e. The van der Waals surface area contributed by atoms with Crippen molar-refractivity contribution in [2.45, 2.75) is 25.7 Å². The molecule has 17 heavy (non-hydrogen) atoms. The molecule has 4 N–H and O–H groups in total. The first kappa shape index (κ1) is 10.3. The first-order chi connectivity index (χ1) is 8.33. The molecule has 1 aliphatic carbocycles. The summed E-state index contributed by atoms with van der Waals surface area (Å²) < 4.78 is 0. The van der Waals surface area contributed by atoms with Gasteiger partial charge in [-0.3, -0.25) is 0 Å². The highest BCUT2D eigenvalue weighted by Gasteiger charge is 2.20. The van der Waals surface area contributed by atoms with Crippen LogP contribution in [0.3, 0.4) is 0 Å². The van der Waals surface area contributed by atoms with Gasteiger partial charge >= 0.3 is 0 Å². The van der Waals surface area contributed by atoms with Gasteiger partial charge in [0.25, 0.3) is 0 Å². The predicted molar refractivity (Wildman–Crippen MR) is 66.5 cm³/mol. The van der Waals surface area contributed by atoms with Gasteiger partial charge in [0.2, 0.25) is 5.95 Å². The first-order valence-electron chi connectivity index (χ1n) is 6.03. The van der Waals surface area contributed by atoms with Gasteiger partial charge in [-0.15, -0.1) is 0 Å². The standard InChI is InChI=1S/C11H16N6/c12-11-16-9(8-10(17-11)15-6-14-8)13-5-1-2-7-3-4-7/h6-7H,1-5H2,(H4,12,13,14,15,16,17). The van der Waals surface area contributed by atoms with Crippen LogP contribution >= 0.6 is 0 Å². The van der Waals surface area contributed by atoms with Crippen LogP contribution in [0.15, 0.2) is 6.33 Å². The molecule has 0 aromatic carbocycles. The van der Waals surface area contributed by atoms with E-state index in [0.29, 0.717) is 5.65 Å². The predicted octanol–water partition coefficient (Wildman–Crippen LogP) is 1.54. The van der Waals surface area contributed by atoms with Gasteiger partial charge in [-0.2, -0.15) is 9.97 Å². The number of nitrogens with zero attached hydrogens (tertiary/aromatic N) is 3. The third-order valence-corrected chi connectivity index (χ3v) is 3.08. The second-order valence-electron chi connectivity index (χ2n) is 4.54. The lowest BCUT2D eigenvalue weighted by Crippen LogP contribution is -2.07. The van der Waals surface area contributed by atoms with Crippen molar-refractivity contribution in [3.63, 3.8) is 0 Å². The highest BCUT2D eigenvalue weighted by atomic mass is 15.1. The van der Waals surface area contributed by atoms with Crippen molar-refractivity contribution in [2.75, 3.05) is 17.6 Å². The van der Waals surface area contributed by atoms with Crippen molar-refractivity contribution in [1.29, 1.82) is 0 Å². The Morgan fingerprint density at radius 3 is 3.12 bits per heavy atom. The number of nitrogen functional groups attached to an aromatic ring is 1. The number of fused-ring (bicyclic) bond motifs is 1. The zero-order chi connectivity index (χ0) is 11.7. The second kappa shape index (κ2) is 4.20. The first-order valence-corrected chi connectivity index (χ1v) is 6.03. The third kappa shape index (κ3) is 2.30. The van der Waals surface area contributed by atoms with Gasteiger partial charge in [0.15, 0.2) is 11.5 Å². The molecule has 90 valence electrons. The zero-order valence-electron chi connectivity index (χ0n) is 9.61. The summed E-state index contributed by atoms with van der Waals surface area (Å²) >= 11 is 0. The van der Waals surface area contributed by atoms with Crippen molar-refractivity contribution < 1.29 is 0 Å². The molecule has 2 heterocycles. The molecule has 1 fully saturated rings. The van der Waals surface area contributed by atoms with E-state index in [4.69, 9.17) is 5.73 Å². The monoisotopic (exact) mass is 232 g/mol. The van der Waals surface area contributed by atoms with Gasteiger partial charge in [-0.05, 0) is 18.8 Å². The fourth-order valence-corrected chi connectivity index (χ4v) is 1.98. The molecule has 0 unspecified atom stereocenters. The van der Waals surface area contributed by atoms with Crippen molar-refractivity contribution in [3.05, 3.63) is 6.33 Å². The number of nitrogens with two attached hydrogens (primary N) is 1.